The number of aliphatic hydroxyl groups is 1. The van der Waals surface area contributed by atoms with E-state index in [-0.39, 0.29) is 168 Å². The summed E-state index contributed by atoms with van der Waals surface area (Å²) in [6.45, 7) is 8.17. The summed E-state index contributed by atoms with van der Waals surface area (Å²) in [5.74, 6) is -7.02. The first-order valence-electron chi connectivity index (χ1n) is 44.3. The summed E-state index contributed by atoms with van der Waals surface area (Å²) in [5, 5.41) is 36.2. The second kappa shape index (κ2) is 61.6. The van der Waals surface area contributed by atoms with Crippen molar-refractivity contribution in [3.8, 4) is 11.5 Å². The molecule has 0 bridgehead atoms. The van der Waals surface area contributed by atoms with Crippen LogP contribution in [-0.4, -0.2) is 300 Å². The van der Waals surface area contributed by atoms with Gasteiger partial charge in [0.2, 0.25) is 53.2 Å². The van der Waals surface area contributed by atoms with Crippen molar-refractivity contribution in [2.75, 3.05) is 133 Å². The van der Waals surface area contributed by atoms with Gasteiger partial charge in [-0.3, -0.25) is 71.9 Å². The zero-order valence-electron chi connectivity index (χ0n) is 77.1. The molecule has 0 aliphatic carbocycles. The molecule has 2 fully saturated rings. The second-order valence-electron chi connectivity index (χ2n) is 31.4. The van der Waals surface area contributed by atoms with E-state index >= 15 is 0 Å². The molecule has 5 rings (SSSR count). The van der Waals surface area contributed by atoms with E-state index in [2.05, 4.69) is 47.9 Å². The maximum absolute atomic E-state index is 14.2. The van der Waals surface area contributed by atoms with Crippen LogP contribution in [0.5, 0.6) is 11.5 Å². The lowest BCUT2D eigenvalue weighted by Crippen LogP contribution is -2.66. The molecule has 2 heterocycles. The standard InChI is InChI=1S/C90H134N10O32/c1-58(101)98-81-85(129-64(7)107)83(127-62(5)105)72(53-124-60(3)103)131-87(81)122-46-16-14-24-74(110)93-42-20-44-95-78(114)38-49-120-56-89(55-119-48-37-77(113)92-41-19-40-91,100-80(116)27-18-26-76(112)97-52-69(109)36-51-126-90(66-22-12-11-13-23-66,67-28-32-70(117-9)33-29-67)68-30-34-71(118-10)35-31-68)57-121-50-39-79(115)96-45-21-43-94-75(111)25-15-17-47-123-88-82(99-59(2)102)86(130-65(8)108)84(128-63(6)106)73(132-88)54-125-61(4)104/h11-13,22-23,28-35,69,72-73,81-88,109H,14-21,24-27,36-57,91H2,1-10H3,(H,92,113)(H,93,110)(H,94,111)(H,95,114)(H,96,115)(H,97,112)(H,98,101)(H,99,102)(H,100,116)/t69-,72+,73+,81+,82+,83-,84-,85+,86+,87+,88+/m0/s1. The van der Waals surface area contributed by atoms with E-state index in [1.165, 1.54) is 13.8 Å². The number of ether oxygens (including phenoxy) is 16. The summed E-state index contributed by atoms with van der Waals surface area (Å²) in [6, 6.07) is 22.3. The van der Waals surface area contributed by atoms with Gasteiger partial charge in [0, 0.05) is 153 Å². The van der Waals surface area contributed by atoms with Crippen LogP contribution in [-0.2, 0) is 144 Å². The van der Waals surface area contributed by atoms with E-state index in [9.17, 15) is 77.0 Å². The SMILES string of the molecule is COc1ccc(C(OCC[C@H](O)CNC(=O)CCCC(=O)NC(COCCC(=O)NCCCN)(COCCC(=O)NCCCNC(=O)CCCCO[C@@H]2O[C@H](COC(C)=O)[C@H](OC(C)=O)[C@H](OC(C)=O)[C@H]2NC(C)=O)COCCC(=O)NCCCNC(=O)CCCCO[C@@H]2O[C@H](COC(C)=O)[C@H](OC(C)=O)[C@H](OC(C)=O)[C@H]2NC(C)=O)(c2ccccc2)c2ccc(OC)cc2)cc1. The van der Waals surface area contributed by atoms with Gasteiger partial charge >= 0.3 is 35.8 Å². The Bertz CT molecular complexity index is 3900. The number of carbonyl (C=O) groups is 15. The van der Waals surface area contributed by atoms with Crippen molar-refractivity contribution in [2.24, 2.45) is 5.73 Å². The highest BCUT2D eigenvalue weighted by molar-refractivity contribution is 5.81. The molecule has 736 valence electrons. The van der Waals surface area contributed by atoms with E-state index in [4.69, 9.17) is 81.5 Å². The number of benzene rings is 3. The maximum Gasteiger partial charge on any atom is 0.303 e. The van der Waals surface area contributed by atoms with Crippen LogP contribution in [0, 0.1) is 0 Å². The van der Waals surface area contributed by atoms with Crippen LogP contribution in [0.25, 0.3) is 0 Å². The Morgan fingerprint density at radius 1 is 0.394 bits per heavy atom. The molecule has 42 nitrogen and oxygen atoms in total. The molecule has 42 heteroatoms. The van der Waals surface area contributed by atoms with Gasteiger partial charge in [-0.15, -0.1) is 0 Å². The van der Waals surface area contributed by atoms with E-state index < -0.39 is 163 Å². The van der Waals surface area contributed by atoms with Gasteiger partial charge < -0.3 is 134 Å². The van der Waals surface area contributed by atoms with Crippen molar-refractivity contribution in [1.29, 1.82) is 0 Å². The minimum absolute atomic E-state index is 0.00859. The van der Waals surface area contributed by atoms with Crippen molar-refractivity contribution in [3.05, 3.63) is 95.6 Å². The lowest BCUT2D eigenvalue weighted by molar-refractivity contribution is -0.277. The highest BCUT2D eigenvalue weighted by Gasteiger charge is 2.53. The normalized spacial score (nSPS) is 18.4. The Morgan fingerprint density at radius 3 is 1.12 bits per heavy atom. The van der Waals surface area contributed by atoms with Gasteiger partial charge in [0.1, 0.15) is 60.1 Å². The van der Waals surface area contributed by atoms with Crippen molar-refractivity contribution in [1.82, 2.24) is 47.9 Å². The van der Waals surface area contributed by atoms with Gasteiger partial charge in [0.15, 0.2) is 37.0 Å². The highest BCUT2D eigenvalue weighted by Crippen LogP contribution is 2.42. The van der Waals surface area contributed by atoms with Crippen molar-refractivity contribution < 1.29 is 153 Å². The third kappa shape index (κ3) is 42.6. The Morgan fingerprint density at radius 2 is 0.750 bits per heavy atom. The number of carbonyl (C=O) groups excluding carboxylic acids is 15. The predicted octanol–water partition coefficient (Wildman–Crippen LogP) is 1.52. The number of hydrogen-bond acceptors (Lipinski definition) is 33. The highest BCUT2D eigenvalue weighted by atomic mass is 16.7. The average molecular weight is 1870 g/mol. The van der Waals surface area contributed by atoms with Crippen molar-refractivity contribution >= 4 is 89.0 Å². The van der Waals surface area contributed by atoms with Crippen LogP contribution in [0.2, 0.25) is 0 Å². The third-order valence-corrected chi connectivity index (χ3v) is 20.2. The first kappa shape index (κ1) is 111. The van der Waals surface area contributed by atoms with Crippen LogP contribution >= 0.6 is 0 Å². The average Bonchev–Trinajstić information content (AvgIpc) is 0.751. The monoisotopic (exact) mass is 1870 g/mol. The van der Waals surface area contributed by atoms with E-state index in [1.54, 1.807) is 14.2 Å². The lowest BCUT2D eigenvalue weighted by atomic mass is 9.80. The fourth-order valence-electron chi connectivity index (χ4n) is 14.0. The predicted molar refractivity (Wildman–Crippen MR) is 469 cm³/mol. The number of methoxy groups -OCH3 is 2. The summed E-state index contributed by atoms with van der Waals surface area (Å²) < 4.78 is 92.3. The number of amides is 9. The van der Waals surface area contributed by atoms with Gasteiger partial charge in [0.25, 0.3) is 0 Å². The van der Waals surface area contributed by atoms with Crippen LogP contribution in [0.15, 0.2) is 78.9 Å². The molecule has 9 amide bonds. The van der Waals surface area contributed by atoms with Crippen molar-refractivity contribution in [2.45, 2.75) is 237 Å². The van der Waals surface area contributed by atoms with Crippen molar-refractivity contribution in [3.63, 3.8) is 0 Å². The number of aliphatic hydroxyl groups excluding tert-OH is 1. The molecule has 11 atom stereocenters. The molecule has 3 aromatic carbocycles. The number of hydrogen-bond donors (Lipinski definition) is 11. The number of esters is 6. The largest absolute Gasteiger partial charge is 0.497 e. The molecule has 12 N–H and O–H groups in total. The topological polar surface area (TPSA) is 558 Å². The summed E-state index contributed by atoms with van der Waals surface area (Å²) in [5.41, 5.74) is 5.32. The number of unbranched alkanes of at least 4 members (excludes halogenated alkanes) is 2. The molecule has 2 aliphatic rings. The van der Waals surface area contributed by atoms with Crippen LogP contribution in [0.1, 0.15) is 175 Å². The smallest absolute Gasteiger partial charge is 0.303 e. The lowest BCUT2D eigenvalue weighted by Gasteiger charge is -2.44. The summed E-state index contributed by atoms with van der Waals surface area (Å²) in [6.07, 6.45) is -9.14. The number of rotatable bonds is 64. The summed E-state index contributed by atoms with van der Waals surface area (Å²) in [4.78, 5) is 190. The minimum atomic E-state index is -1.54. The Kier molecular flexibility index (Phi) is 52.0. The molecule has 2 aliphatic heterocycles. The first-order chi connectivity index (χ1) is 63.2. The van der Waals surface area contributed by atoms with Gasteiger partial charge in [0.05, 0.1) is 66.6 Å². The molecule has 132 heavy (non-hydrogen) atoms. The molecule has 2 saturated heterocycles. The fourth-order valence-corrected chi connectivity index (χ4v) is 14.0. The number of nitrogens with two attached hydrogens (primary N) is 1. The van der Waals surface area contributed by atoms with E-state index in [0.29, 0.717) is 69.5 Å². The zero-order valence-corrected chi connectivity index (χ0v) is 77.1. The Hall–Kier alpha value is -11.1. The van der Waals surface area contributed by atoms with Crippen LogP contribution in [0.3, 0.4) is 0 Å². The van der Waals surface area contributed by atoms with Gasteiger partial charge in [-0.2, -0.15) is 0 Å². The van der Waals surface area contributed by atoms with E-state index in [1.807, 2.05) is 78.9 Å². The van der Waals surface area contributed by atoms with Gasteiger partial charge in [-0.25, -0.2) is 0 Å². The quantitative estimate of drug-likeness (QED) is 0.0165. The first-order valence-corrected chi connectivity index (χ1v) is 44.3. The van der Waals surface area contributed by atoms with Crippen LogP contribution in [0.4, 0.5) is 0 Å². The van der Waals surface area contributed by atoms with Gasteiger partial charge in [-0.1, -0.05) is 54.6 Å². The van der Waals surface area contributed by atoms with Gasteiger partial charge in [-0.05, 0) is 105 Å². The molecule has 0 saturated carbocycles. The molecular weight excluding hydrogens is 1730 g/mol. The molecule has 0 radical (unpaired) electrons. The Labute approximate surface area is 768 Å². The molecular formula is C90H134N10O32. The summed E-state index contributed by atoms with van der Waals surface area (Å²) in [7, 11) is 3.15. The minimum Gasteiger partial charge on any atom is -0.497 e. The second-order valence-corrected chi connectivity index (χ2v) is 31.4. The maximum atomic E-state index is 14.2. The fraction of sp³-hybridized carbons (Fsp3) is 0.633. The zero-order chi connectivity index (χ0) is 96.8. The molecule has 0 aromatic heterocycles. The number of nitrogens with one attached hydrogen (secondary N) is 9. The van der Waals surface area contributed by atoms with E-state index in [0.717, 1.165) is 58.2 Å². The van der Waals surface area contributed by atoms with Crippen LogP contribution < -0.4 is 63.1 Å². The third-order valence-electron chi connectivity index (χ3n) is 20.2. The Balaban J connectivity index is 1.17. The summed E-state index contributed by atoms with van der Waals surface area (Å²) >= 11 is 0. The molecule has 3 aromatic rings. The molecule has 0 spiro atoms. The molecule has 0 unspecified atom stereocenters.